The lowest BCUT2D eigenvalue weighted by Gasteiger charge is -2.37. The smallest absolute Gasteiger partial charge is 0.263 e. The second-order valence-electron chi connectivity index (χ2n) is 5.81. The fourth-order valence-corrected chi connectivity index (χ4v) is 3.77. The van der Waals surface area contributed by atoms with Crippen molar-refractivity contribution in [2.45, 2.75) is 25.8 Å². The summed E-state index contributed by atoms with van der Waals surface area (Å²) in [5.74, 6) is 1.18. The molecule has 22 heavy (non-hydrogen) atoms. The van der Waals surface area contributed by atoms with Crippen LogP contribution in [0.2, 0.25) is 0 Å². The van der Waals surface area contributed by atoms with Crippen molar-refractivity contribution in [1.82, 2.24) is 9.88 Å². The highest BCUT2D eigenvalue weighted by molar-refractivity contribution is 7.12. The summed E-state index contributed by atoms with van der Waals surface area (Å²) >= 11 is 1.54. The summed E-state index contributed by atoms with van der Waals surface area (Å²) in [6, 6.07) is 8.41. The highest BCUT2D eigenvalue weighted by Crippen LogP contribution is 2.23. The molecule has 1 amide bonds. The molecule has 5 heteroatoms. The third-order valence-electron chi connectivity index (χ3n) is 4.25. The molecule has 2 aromatic heterocycles. The van der Waals surface area contributed by atoms with E-state index < -0.39 is 0 Å². The van der Waals surface area contributed by atoms with Crippen LogP contribution in [0.25, 0.3) is 0 Å². The molecule has 1 fully saturated rings. The molecular weight excluding hydrogens is 294 g/mol. The zero-order valence-electron chi connectivity index (χ0n) is 13.0. The number of likely N-dealkylation sites (tertiary alicyclic amines) is 1. The first-order valence-corrected chi connectivity index (χ1v) is 8.51. The minimum atomic E-state index is 0.178. The van der Waals surface area contributed by atoms with E-state index in [-0.39, 0.29) is 5.91 Å². The average Bonchev–Trinajstić information content (AvgIpc) is 3.01. The molecule has 0 N–H and O–H groups in total. The number of thiophene rings is 1. The first-order chi connectivity index (χ1) is 10.6. The zero-order valence-corrected chi connectivity index (χ0v) is 13.8. The molecule has 3 heterocycles. The number of aryl methyl sites for hydroxylation is 1. The lowest BCUT2D eigenvalue weighted by atomic mass is 10.0. The Hall–Kier alpha value is -1.88. The van der Waals surface area contributed by atoms with Gasteiger partial charge in [-0.25, -0.2) is 4.98 Å². The van der Waals surface area contributed by atoms with Gasteiger partial charge in [-0.1, -0.05) is 6.07 Å². The standard InChI is InChI=1S/C17H21N3OS/c1-13-11-15(22-12-13)17(21)20-9-6-14(7-10-20)19(2)16-5-3-4-8-18-16/h3-5,8,11-12,14H,6-7,9-10H2,1-2H3. The monoisotopic (exact) mass is 315 g/mol. The van der Waals surface area contributed by atoms with Crippen LogP contribution in [0.1, 0.15) is 28.1 Å². The number of nitrogens with zero attached hydrogens (tertiary/aromatic N) is 3. The van der Waals surface area contributed by atoms with Crippen molar-refractivity contribution in [3.8, 4) is 0 Å². The van der Waals surface area contributed by atoms with E-state index in [2.05, 4.69) is 16.9 Å². The Morgan fingerprint density at radius 1 is 1.36 bits per heavy atom. The van der Waals surface area contributed by atoms with Gasteiger partial charge in [-0.15, -0.1) is 11.3 Å². The third-order valence-corrected chi connectivity index (χ3v) is 5.29. The van der Waals surface area contributed by atoms with E-state index in [1.54, 1.807) is 11.3 Å². The van der Waals surface area contributed by atoms with Crippen LogP contribution in [0.5, 0.6) is 0 Å². The number of anilines is 1. The van der Waals surface area contributed by atoms with E-state index in [4.69, 9.17) is 0 Å². The van der Waals surface area contributed by atoms with E-state index in [9.17, 15) is 4.79 Å². The van der Waals surface area contributed by atoms with Crippen LogP contribution in [-0.2, 0) is 0 Å². The van der Waals surface area contributed by atoms with E-state index >= 15 is 0 Å². The lowest BCUT2D eigenvalue weighted by molar-refractivity contribution is 0.0718. The van der Waals surface area contributed by atoms with Gasteiger partial charge in [-0.2, -0.15) is 0 Å². The molecule has 1 aliphatic heterocycles. The van der Waals surface area contributed by atoms with Gasteiger partial charge in [-0.05, 0) is 48.9 Å². The minimum absolute atomic E-state index is 0.178. The summed E-state index contributed by atoms with van der Waals surface area (Å²) in [5, 5.41) is 2.04. The van der Waals surface area contributed by atoms with Crippen molar-refractivity contribution in [2.24, 2.45) is 0 Å². The Bertz CT molecular complexity index is 632. The summed E-state index contributed by atoms with van der Waals surface area (Å²) in [6.07, 6.45) is 3.80. The van der Waals surface area contributed by atoms with Crippen molar-refractivity contribution in [1.29, 1.82) is 0 Å². The van der Waals surface area contributed by atoms with Crippen LogP contribution >= 0.6 is 11.3 Å². The number of amides is 1. The number of rotatable bonds is 3. The van der Waals surface area contributed by atoms with Crippen LogP contribution in [0.3, 0.4) is 0 Å². The molecule has 0 aliphatic carbocycles. The van der Waals surface area contributed by atoms with Crippen LogP contribution in [-0.4, -0.2) is 42.0 Å². The number of hydrogen-bond donors (Lipinski definition) is 0. The SMILES string of the molecule is Cc1csc(C(=O)N2CCC(N(C)c3ccccn3)CC2)c1. The minimum Gasteiger partial charge on any atom is -0.357 e. The summed E-state index contributed by atoms with van der Waals surface area (Å²) in [6.45, 7) is 3.66. The van der Waals surface area contributed by atoms with Crippen LogP contribution in [0, 0.1) is 6.92 Å². The summed E-state index contributed by atoms with van der Waals surface area (Å²) in [4.78, 5) is 21.9. The van der Waals surface area contributed by atoms with E-state index in [0.29, 0.717) is 6.04 Å². The van der Waals surface area contributed by atoms with Gasteiger partial charge in [0, 0.05) is 32.4 Å². The van der Waals surface area contributed by atoms with Gasteiger partial charge < -0.3 is 9.80 Å². The Balaban J connectivity index is 1.59. The molecule has 0 radical (unpaired) electrons. The Labute approximate surface area is 135 Å². The molecule has 0 spiro atoms. The second kappa shape index (κ2) is 6.48. The molecule has 116 valence electrons. The molecule has 1 saturated heterocycles. The first kappa shape index (κ1) is 15.0. The van der Waals surface area contributed by atoms with Gasteiger partial charge in [0.05, 0.1) is 4.88 Å². The number of carbonyl (C=O) groups is 1. The van der Waals surface area contributed by atoms with E-state index in [0.717, 1.165) is 42.2 Å². The Morgan fingerprint density at radius 3 is 2.73 bits per heavy atom. The molecule has 1 aliphatic rings. The van der Waals surface area contributed by atoms with Crippen molar-refractivity contribution in [2.75, 3.05) is 25.0 Å². The summed E-state index contributed by atoms with van der Waals surface area (Å²) in [7, 11) is 2.09. The highest BCUT2D eigenvalue weighted by Gasteiger charge is 2.26. The molecular formula is C17H21N3OS. The molecule has 0 bridgehead atoms. The van der Waals surface area contributed by atoms with Crippen LogP contribution < -0.4 is 4.90 Å². The second-order valence-corrected chi connectivity index (χ2v) is 6.72. The molecule has 0 aromatic carbocycles. The average molecular weight is 315 g/mol. The maximum atomic E-state index is 12.5. The Kier molecular flexibility index (Phi) is 4.43. The van der Waals surface area contributed by atoms with Gasteiger partial charge >= 0.3 is 0 Å². The number of pyridine rings is 1. The number of aromatic nitrogens is 1. The normalized spacial score (nSPS) is 15.8. The number of carbonyl (C=O) groups excluding carboxylic acids is 1. The lowest BCUT2D eigenvalue weighted by Crippen LogP contribution is -2.45. The van der Waals surface area contributed by atoms with Crippen molar-refractivity contribution >= 4 is 23.1 Å². The molecule has 0 unspecified atom stereocenters. The molecule has 0 saturated carbocycles. The van der Waals surface area contributed by atoms with E-state index in [1.807, 2.05) is 47.7 Å². The summed E-state index contributed by atoms with van der Waals surface area (Å²) < 4.78 is 0. The molecule has 2 aromatic rings. The Morgan fingerprint density at radius 2 is 2.14 bits per heavy atom. The van der Waals surface area contributed by atoms with Crippen molar-refractivity contribution < 1.29 is 4.79 Å². The number of hydrogen-bond acceptors (Lipinski definition) is 4. The molecule has 3 rings (SSSR count). The molecule has 4 nitrogen and oxygen atoms in total. The van der Waals surface area contributed by atoms with Crippen molar-refractivity contribution in [3.05, 3.63) is 46.3 Å². The fourth-order valence-electron chi connectivity index (χ4n) is 2.90. The maximum Gasteiger partial charge on any atom is 0.263 e. The first-order valence-electron chi connectivity index (χ1n) is 7.63. The van der Waals surface area contributed by atoms with Gasteiger partial charge in [0.1, 0.15) is 5.82 Å². The van der Waals surface area contributed by atoms with Gasteiger partial charge in [0.25, 0.3) is 5.91 Å². The predicted octanol–water partition coefficient (Wildman–Crippen LogP) is 3.19. The quantitative estimate of drug-likeness (QED) is 0.873. The van der Waals surface area contributed by atoms with E-state index in [1.165, 1.54) is 0 Å². The largest absolute Gasteiger partial charge is 0.357 e. The van der Waals surface area contributed by atoms with Crippen LogP contribution in [0.15, 0.2) is 35.8 Å². The maximum absolute atomic E-state index is 12.5. The van der Waals surface area contributed by atoms with Gasteiger partial charge in [0.15, 0.2) is 0 Å². The zero-order chi connectivity index (χ0) is 15.5. The number of piperidine rings is 1. The fraction of sp³-hybridized carbons (Fsp3) is 0.412. The van der Waals surface area contributed by atoms with Gasteiger partial charge in [0.2, 0.25) is 0 Å². The topological polar surface area (TPSA) is 36.4 Å². The summed E-state index contributed by atoms with van der Waals surface area (Å²) in [5.41, 5.74) is 1.16. The predicted molar refractivity (Wildman–Crippen MR) is 90.6 cm³/mol. The molecule has 0 atom stereocenters. The van der Waals surface area contributed by atoms with Crippen LogP contribution in [0.4, 0.5) is 5.82 Å². The van der Waals surface area contributed by atoms with Gasteiger partial charge in [-0.3, -0.25) is 4.79 Å². The third kappa shape index (κ3) is 3.14. The van der Waals surface area contributed by atoms with Crippen molar-refractivity contribution in [3.63, 3.8) is 0 Å². The highest BCUT2D eigenvalue weighted by atomic mass is 32.1.